The van der Waals surface area contributed by atoms with Crippen molar-refractivity contribution >= 4 is 17.7 Å². The molecule has 0 spiro atoms. The van der Waals surface area contributed by atoms with Gasteiger partial charge in [0.25, 0.3) is 0 Å². The van der Waals surface area contributed by atoms with Crippen LogP contribution in [0, 0.1) is 17.0 Å². The minimum atomic E-state index is -1.83. The van der Waals surface area contributed by atoms with Gasteiger partial charge in [-0.15, -0.1) is 0 Å². The van der Waals surface area contributed by atoms with Crippen molar-refractivity contribution in [2.24, 2.45) is 11.1 Å². The van der Waals surface area contributed by atoms with Gasteiger partial charge in [0.05, 0.1) is 12.0 Å². The second-order valence-corrected chi connectivity index (χ2v) is 10.9. The Balaban J connectivity index is 1.96. The van der Waals surface area contributed by atoms with Crippen LogP contribution >= 0.6 is 11.6 Å². The topological polar surface area (TPSA) is 113 Å². The second-order valence-electron chi connectivity index (χ2n) is 10.5. The Morgan fingerprint density at radius 2 is 1.95 bits per heavy atom. The highest BCUT2D eigenvalue weighted by atomic mass is 35.5. The maximum absolute atomic E-state index is 14.3. The summed E-state index contributed by atoms with van der Waals surface area (Å²) in [7, 11) is 0. The van der Waals surface area contributed by atoms with Crippen LogP contribution in [0.4, 0.5) is 13.6 Å². The van der Waals surface area contributed by atoms with Crippen LogP contribution in [-0.4, -0.2) is 45.5 Å². The fourth-order valence-electron chi connectivity index (χ4n) is 5.44. The third-order valence-corrected chi connectivity index (χ3v) is 7.45. The molecule has 3 atom stereocenters. The van der Waals surface area contributed by atoms with Crippen molar-refractivity contribution < 1.29 is 28.3 Å². The summed E-state index contributed by atoms with van der Waals surface area (Å²) in [6, 6.07) is 9.72. The van der Waals surface area contributed by atoms with Gasteiger partial charge in [-0.05, 0) is 48.1 Å². The Labute approximate surface area is 218 Å². The molecule has 37 heavy (non-hydrogen) atoms. The smallest absolute Gasteiger partial charge is 0.407 e. The number of likely N-dealkylation sites (tertiary alicyclic amines) is 1. The number of halogens is 3. The van der Waals surface area contributed by atoms with Gasteiger partial charge in [0.15, 0.2) is 17.4 Å². The molecule has 2 aromatic carbocycles. The quantitative estimate of drug-likeness (QED) is 0.396. The summed E-state index contributed by atoms with van der Waals surface area (Å²) in [5, 5.41) is 26.6. The molecular weight excluding hydrogens is 504 g/mol. The van der Waals surface area contributed by atoms with Gasteiger partial charge in [0.2, 0.25) is 0 Å². The lowest BCUT2D eigenvalue weighted by Crippen LogP contribution is -2.60. The van der Waals surface area contributed by atoms with E-state index in [1.165, 1.54) is 11.0 Å². The number of piperidine rings is 1. The zero-order valence-electron chi connectivity index (χ0n) is 20.8. The zero-order valence-corrected chi connectivity index (χ0v) is 21.6. The van der Waals surface area contributed by atoms with Gasteiger partial charge in [0.1, 0.15) is 16.3 Å². The normalized spacial score (nSPS) is 22.3. The lowest BCUT2D eigenvalue weighted by atomic mass is 9.64. The summed E-state index contributed by atoms with van der Waals surface area (Å²) in [5.41, 5.74) is 5.02. The Morgan fingerprint density at radius 1 is 1.24 bits per heavy atom. The highest BCUT2D eigenvalue weighted by Gasteiger charge is 2.56. The number of hydrogen-bond acceptors (Lipinski definition) is 5. The lowest BCUT2D eigenvalue weighted by Gasteiger charge is -2.53. The number of carboxylic acid groups (broad SMARTS) is 1. The number of nitrogens with zero attached hydrogens (tertiary/aromatic N) is 2. The number of hydrogen-bond donors (Lipinski definition) is 3. The number of benzene rings is 2. The fraction of sp³-hybridized carbons (Fsp3) is 0.407. The molecule has 1 aliphatic heterocycles. The highest BCUT2D eigenvalue weighted by molar-refractivity contribution is 6.33. The SMILES string of the molecule is CC(C)(C)C1[C@H](c2noc(-c3ccccc3CCN)c2Cl)[C@@](O)(c2ccc(F)c(F)c2)CCN1C(=O)O. The Kier molecular flexibility index (Phi) is 7.34. The van der Waals surface area contributed by atoms with E-state index in [0.29, 0.717) is 18.5 Å². The summed E-state index contributed by atoms with van der Waals surface area (Å²) in [6.45, 7) is 5.87. The molecule has 7 nitrogen and oxygen atoms in total. The number of nitrogens with two attached hydrogens (primary N) is 1. The lowest BCUT2D eigenvalue weighted by molar-refractivity contribution is -0.0927. The molecule has 0 aliphatic carbocycles. The number of rotatable bonds is 5. The second kappa shape index (κ2) is 10.0. The molecule has 1 fully saturated rings. The monoisotopic (exact) mass is 533 g/mol. The Hall–Kier alpha value is -3.01. The number of aliphatic hydroxyl groups is 1. The predicted molar refractivity (Wildman–Crippen MR) is 135 cm³/mol. The van der Waals surface area contributed by atoms with E-state index < -0.39 is 40.7 Å². The largest absolute Gasteiger partial charge is 0.465 e. The molecular formula is C27H30ClF2N3O4. The van der Waals surface area contributed by atoms with E-state index in [4.69, 9.17) is 21.9 Å². The number of aromatic nitrogens is 1. The summed E-state index contributed by atoms with van der Waals surface area (Å²) in [5.74, 6) is -2.99. The molecule has 4 N–H and O–H groups in total. The molecule has 1 aliphatic rings. The van der Waals surface area contributed by atoms with Crippen molar-refractivity contribution in [1.82, 2.24) is 10.1 Å². The molecule has 0 bridgehead atoms. The van der Waals surface area contributed by atoms with Crippen LogP contribution < -0.4 is 5.73 Å². The van der Waals surface area contributed by atoms with Crippen LogP contribution in [0.3, 0.4) is 0 Å². The van der Waals surface area contributed by atoms with E-state index in [9.17, 15) is 23.8 Å². The van der Waals surface area contributed by atoms with Crippen molar-refractivity contribution in [2.45, 2.75) is 51.2 Å². The van der Waals surface area contributed by atoms with Gasteiger partial charge in [-0.1, -0.05) is 67.9 Å². The maximum Gasteiger partial charge on any atom is 0.407 e. The molecule has 198 valence electrons. The van der Waals surface area contributed by atoms with E-state index in [1.807, 2.05) is 45.0 Å². The molecule has 0 radical (unpaired) electrons. The number of carbonyl (C=O) groups is 1. The van der Waals surface area contributed by atoms with Crippen molar-refractivity contribution in [1.29, 1.82) is 0 Å². The van der Waals surface area contributed by atoms with Gasteiger partial charge >= 0.3 is 6.09 Å². The molecule has 0 saturated carbocycles. The first-order chi connectivity index (χ1) is 17.4. The summed E-state index contributed by atoms with van der Waals surface area (Å²) < 4.78 is 33.8. The van der Waals surface area contributed by atoms with Crippen molar-refractivity contribution in [3.05, 3.63) is 75.9 Å². The van der Waals surface area contributed by atoms with Crippen molar-refractivity contribution in [2.75, 3.05) is 13.1 Å². The molecule has 3 aromatic rings. The third kappa shape index (κ3) is 4.83. The van der Waals surface area contributed by atoms with Crippen LogP contribution in [0.5, 0.6) is 0 Å². The fourth-order valence-corrected chi connectivity index (χ4v) is 5.73. The van der Waals surface area contributed by atoms with Crippen LogP contribution in [0.25, 0.3) is 11.3 Å². The number of amides is 1. The van der Waals surface area contributed by atoms with Gasteiger partial charge in [-0.2, -0.15) is 0 Å². The molecule has 1 aromatic heterocycles. The van der Waals surface area contributed by atoms with E-state index in [0.717, 1.165) is 17.7 Å². The van der Waals surface area contributed by atoms with E-state index >= 15 is 0 Å². The average molecular weight is 534 g/mol. The van der Waals surface area contributed by atoms with E-state index in [-0.39, 0.29) is 35.0 Å². The van der Waals surface area contributed by atoms with Crippen LogP contribution in [0.2, 0.25) is 5.02 Å². The Bertz CT molecular complexity index is 1310. The van der Waals surface area contributed by atoms with Crippen molar-refractivity contribution in [3.63, 3.8) is 0 Å². The minimum Gasteiger partial charge on any atom is -0.465 e. The van der Waals surface area contributed by atoms with Gasteiger partial charge < -0.3 is 25.4 Å². The van der Waals surface area contributed by atoms with Crippen LogP contribution in [0.15, 0.2) is 47.0 Å². The summed E-state index contributed by atoms with van der Waals surface area (Å²) in [4.78, 5) is 13.6. The molecule has 4 rings (SSSR count). The van der Waals surface area contributed by atoms with Crippen molar-refractivity contribution in [3.8, 4) is 11.3 Å². The van der Waals surface area contributed by atoms with Gasteiger partial charge in [-0.3, -0.25) is 0 Å². The first-order valence-corrected chi connectivity index (χ1v) is 12.4. The van der Waals surface area contributed by atoms with Gasteiger partial charge in [-0.25, -0.2) is 13.6 Å². The predicted octanol–water partition coefficient (Wildman–Crippen LogP) is 5.54. The standard InChI is InChI=1S/C27H30ClF2N3O4/c1-26(2,3)24-20(22-21(28)23(37-32-22)17-7-5-4-6-15(17)10-12-31)27(36,11-13-33(24)25(34)35)16-8-9-18(29)19(30)14-16/h4-9,14,20,24,36H,10-13,31H2,1-3H3,(H,34,35)/t20-,24?,27-/m0/s1. The molecule has 1 amide bonds. The molecule has 1 unspecified atom stereocenters. The first-order valence-electron chi connectivity index (χ1n) is 12.0. The van der Waals surface area contributed by atoms with E-state index in [1.54, 1.807) is 0 Å². The maximum atomic E-state index is 14.3. The molecule has 1 saturated heterocycles. The van der Waals surface area contributed by atoms with Crippen LogP contribution in [0.1, 0.15) is 49.9 Å². The molecule has 2 heterocycles. The summed E-state index contributed by atoms with van der Waals surface area (Å²) in [6.07, 6.45) is -0.711. The highest BCUT2D eigenvalue weighted by Crippen LogP contribution is 2.53. The third-order valence-electron chi connectivity index (χ3n) is 7.08. The molecule has 10 heteroatoms. The minimum absolute atomic E-state index is 0.0368. The average Bonchev–Trinajstić information content (AvgIpc) is 3.20. The van der Waals surface area contributed by atoms with Gasteiger partial charge in [0, 0.05) is 12.1 Å². The summed E-state index contributed by atoms with van der Waals surface area (Å²) >= 11 is 6.88. The zero-order chi connectivity index (χ0) is 27.1. The Morgan fingerprint density at radius 3 is 2.57 bits per heavy atom. The van der Waals surface area contributed by atoms with Crippen LogP contribution in [-0.2, 0) is 12.0 Å². The van der Waals surface area contributed by atoms with E-state index in [2.05, 4.69) is 5.16 Å². The first kappa shape index (κ1) is 27.0.